The lowest BCUT2D eigenvalue weighted by Crippen LogP contribution is -2.46. The van der Waals surface area contributed by atoms with Crippen molar-refractivity contribution in [3.05, 3.63) is 12.2 Å². The van der Waals surface area contributed by atoms with E-state index in [1.807, 2.05) is 13.8 Å². The van der Waals surface area contributed by atoms with Crippen molar-refractivity contribution in [3.8, 4) is 0 Å². The SMILES string of the molecule is CC=CC(O)(CC1CC2CC1CC2OC(=O)C(C)(CC)CC(C)C)C(F)(F)F. The number of allylic oxidation sites excluding steroid dienone is 1. The van der Waals surface area contributed by atoms with Gasteiger partial charge in [-0.2, -0.15) is 13.2 Å². The van der Waals surface area contributed by atoms with E-state index in [1.165, 1.54) is 13.0 Å². The molecule has 2 aliphatic carbocycles. The highest BCUT2D eigenvalue weighted by molar-refractivity contribution is 5.76. The molecule has 0 aromatic carbocycles. The number of hydrogen-bond acceptors (Lipinski definition) is 3. The Labute approximate surface area is 166 Å². The fourth-order valence-electron chi connectivity index (χ4n) is 5.24. The minimum atomic E-state index is -4.69. The first kappa shape index (κ1) is 23.2. The zero-order valence-electron chi connectivity index (χ0n) is 17.7. The lowest BCUT2D eigenvalue weighted by atomic mass is 9.78. The van der Waals surface area contributed by atoms with Gasteiger partial charge >= 0.3 is 12.1 Å². The van der Waals surface area contributed by atoms with E-state index in [0.717, 1.165) is 18.9 Å². The number of alkyl halides is 3. The summed E-state index contributed by atoms with van der Waals surface area (Å²) < 4.78 is 45.9. The van der Waals surface area contributed by atoms with E-state index in [2.05, 4.69) is 13.8 Å². The van der Waals surface area contributed by atoms with Crippen LogP contribution in [0.5, 0.6) is 0 Å². The molecule has 2 rings (SSSR count). The third-order valence-corrected chi connectivity index (χ3v) is 6.84. The van der Waals surface area contributed by atoms with Crippen LogP contribution in [-0.2, 0) is 9.53 Å². The summed E-state index contributed by atoms with van der Waals surface area (Å²) in [5.74, 6) is 0.171. The molecule has 2 fully saturated rings. The Balaban J connectivity index is 1.99. The molecule has 0 spiro atoms. The molecule has 28 heavy (non-hydrogen) atoms. The van der Waals surface area contributed by atoms with E-state index in [9.17, 15) is 23.1 Å². The molecule has 0 heterocycles. The second-order valence-corrected chi connectivity index (χ2v) is 9.57. The van der Waals surface area contributed by atoms with Gasteiger partial charge in [0.2, 0.25) is 0 Å². The number of esters is 1. The number of carbonyl (C=O) groups is 1. The summed E-state index contributed by atoms with van der Waals surface area (Å²) in [7, 11) is 0. The third kappa shape index (κ3) is 4.74. The summed E-state index contributed by atoms with van der Waals surface area (Å²) in [5, 5.41) is 10.2. The molecular weight excluding hydrogens is 369 g/mol. The van der Waals surface area contributed by atoms with Crippen LogP contribution in [0.1, 0.15) is 73.1 Å². The molecule has 0 amide bonds. The van der Waals surface area contributed by atoms with Gasteiger partial charge in [-0.25, -0.2) is 0 Å². The van der Waals surface area contributed by atoms with E-state index < -0.39 is 17.2 Å². The van der Waals surface area contributed by atoms with Crippen LogP contribution < -0.4 is 0 Å². The minimum Gasteiger partial charge on any atom is -0.462 e. The second-order valence-electron chi connectivity index (χ2n) is 9.57. The number of hydrogen-bond donors (Lipinski definition) is 1. The van der Waals surface area contributed by atoms with Gasteiger partial charge in [-0.15, -0.1) is 0 Å². The van der Waals surface area contributed by atoms with Gasteiger partial charge in [-0.3, -0.25) is 4.79 Å². The topological polar surface area (TPSA) is 46.5 Å². The van der Waals surface area contributed by atoms with Gasteiger partial charge in [0.25, 0.3) is 0 Å². The number of aliphatic hydroxyl groups is 1. The average Bonchev–Trinajstić information content (AvgIpc) is 3.12. The van der Waals surface area contributed by atoms with E-state index in [0.29, 0.717) is 25.2 Å². The van der Waals surface area contributed by atoms with Crippen LogP contribution in [0.3, 0.4) is 0 Å². The predicted molar refractivity (Wildman–Crippen MR) is 102 cm³/mol. The van der Waals surface area contributed by atoms with Crippen molar-refractivity contribution in [2.24, 2.45) is 29.1 Å². The van der Waals surface area contributed by atoms with Crippen LogP contribution in [0.25, 0.3) is 0 Å². The van der Waals surface area contributed by atoms with E-state index >= 15 is 0 Å². The number of rotatable bonds is 8. The quantitative estimate of drug-likeness (QED) is 0.419. The summed E-state index contributed by atoms with van der Waals surface area (Å²) in [6.45, 7) is 9.56. The maximum Gasteiger partial charge on any atom is 0.420 e. The molecule has 2 bridgehead atoms. The van der Waals surface area contributed by atoms with E-state index in [4.69, 9.17) is 4.74 Å². The van der Waals surface area contributed by atoms with Crippen LogP contribution in [0, 0.1) is 29.1 Å². The maximum atomic E-state index is 13.3. The Morgan fingerprint density at radius 1 is 1.21 bits per heavy atom. The van der Waals surface area contributed by atoms with Crippen LogP contribution in [0.2, 0.25) is 0 Å². The second kappa shape index (κ2) is 8.37. The highest BCUT2D eigenvalue weighted by Gasteiger charge is 2.56. The van der Waals surface area contributed by atoms with Gasteiger partial charge in [-0.05, 0) is 82.1 Å². The van der Waals surface area contributed by atoms with Crippen molar-refractivity contribution in [2.75, 3.05) is 0 Å². The van der Waals surface area contributed by atoms with Crippen molar-refractivity contribution in [2.45, 2.75) is 91.0 Å². The van der Waals surface area contributed by atoms with Gasteiger partial charge < -0.3 is 9.84 Å². The van der Waals surface area contributed by atoms with Gasteiger partial charge in [0.1, 0.15) is 6.10 Å². The molecule has 3 nitrogen and oxygen atoms in total. The predicted octanol–water partition coefficient (Wildman–Crippen LogP) is 5.67. The molecule has 0 saturated heterocycles. The lowest BCUT2D eigenvalue weighted by Gasteiger charge is -2.36. The zero-order chi connectivity index (χ0) is 21.3. The van der Waals surface area contributed by atoms with Crippen molar-refractivity contribution in [1.29, 1.82) is 0 Å². The maximum absolute atomic E-state index is 13.3. The largest absolute Gasteiger partial charge is 0.462 e. The molecule has 0 aliphatic heterocycles. The van der Waals surface area contributed by atoms with E-state index in [1.54, 1.807) is 0 Å². The van der Waals surface area contributed by atoms with Crippen molar-refractivity contribution in [1.82, 2.24) is 0 Å². The number of carbonyl (C=O) groups excluding carboxylic acids is 1. The smallest absolute Gasteiger partial charge is 0.420 e. The third-order valence-electron chi connectivity index (χ3n) is 6.84. The Hall–Kier alpha value is -1.04. The molecule has 2 saturated carbocycles. The van der Waals surface area contributed by atoms with Crippen LogP contribution >= 0.6 is 0 Å². The molecule has 6 heteroatoms. The molecule has 0 aromatic rings. The summed E-state index contributed by atoms with van der Waals surface area (Å²) in [4.78, 5) is 12.8. The van der Waals surface area contributed by atoms with Crippen LogP contribution in [-0.4, -0.2) is 29.0 Å². The summed E-state index contributed by atoms with van der Waals surface area (Å²) >= 11 is 0. The monoisotopic (exact) mass is 404 g/mol. The average molecular weight is 405 g/mol. The molecule has 0 radical (unpaired) electrons. The van der Waals surface area contributed by atoms with Gasteiger partial charge in [0.05, 0.1) is 5.41 Å². The Bertz CT molecular complexity index is 586. The highest BCUT2D eigenvalue weighted by atomic mass is 19.4. The van der Waals surface area contributed by atoms with Crippen molar-refractivity contribution >= 4 is 5.97 Å². The number of fused-ring (bicyclic) bond motifs is 2. The molecule has 1 N–H and O–H groups in total. The standard InChI is InChI=1S/C22H35F3O3/c1-6-8-21(27,22(23,24)25)13-17-10-16-9-15(17)11-18(16)28-19(26)20(5,7-2)12-14(3)4/h6,8,14-18,27H,7,9-13H2,1-5H3. The first-order valence-electron chi connectivity index (χ1n) is 10.5. The Morgan fingerprint density at radius 3 is 2.29 bits per heavy atom. The minimum absolute atomic E-state index is 0.0694. The van der Waals surface area contributed by atoms with Crippen LogP contribution in [0.15, 0.2) is 12.2 Å². The Kier molecular flexibility index (Phi) is 6.95. The molecule has 162 valence electrons. The lowest BCUT2D eigenvalue weighted by molar-refractivity contribution is -0.246. The molecular formula is C22H35F3O3. The number of halogens is 3. The fourth-order valence-corrected chi connectivity index (χ4v) is 5.24. The van der Waals surface area contributed by atoms with E-state index in [-0.39, 0.29) is 36.2 Å². The fraction of sp³-hybridized carbons (Fsp3) is 0.864. The first-order valence-corrected chi connectivity index (χ1v) is 10.5. The Morgan fingerprint density at radius 2 is 1.86 bits per heavy atom. The number of ether oxygens (including phenoxy) is 1. The molecule has 6 unspecified atom stereocenters. The van der Waals surface area contributed by atoms with Crippen molar-refractivity contribution in [3.63, 3.8) is 0 Å². The summed E-state index contributed by atoms with van der Waals surface area (Å²) in [6, 6.07) is 0. The highest BCUT2D eigenvalue weighted by Crippen LogP contribution is 2.54. The zero-order valence-corrected chi connectivity index (χ0v) is 17.7. The summed E-state index contributed by atoms with van der Waals surface area (Å²) in [5.41, 5.74) is -3.29. The first-order chi connectivity index (χ1) is 12.8. The molecule has 0 aromatic heterocycles. The van der Waals surface area contributed by atoms with Crippen LogP contribution in [0.4, 0.5) is 13.2 Å². The summed E-state index contributed by atoms with van der Waals surface area (Å²) in [6.07, 6.45) is 0.323. The van der Waals surface area contributed by atoms with Crippen molar-refractivity contribution < 1.29 is 27.8 Å². The normalized spacial score (nSPS) is 31.9. The van der Waals surface area contributed by atoms with Gasteiger partial charge in [0, 0.05) is 0 Å². The molecule has 2 aliphatic rings. The molecule has 6 atom stereocenters. The van der Waals surface area contributed by atoms with Gasteiger partial charge in [-0.1, -0.05) is 26.8 Å². The van der Waals surface area contributed by atoms with Gasteiger partial charge in [0.15, 0.2) is 5.60 Å².